The second-order valence-corrected chi connectivity index (χ2v) is 13.3. The van der Waals surface area contributed by atoms with Crippen LogP contribution in [0.2, 0.25) is 0 Å². The maximum absolute atomic E-state index is 14.4. The van der Waals surface area contributed by atoms with Crippen LogP contribution < -0.4 is 10.2 Å². The van der Waals surface area contributed by atoms with Gasteiger partial charge in [0.05, 0.1) is 17.5 Å². The predicted molar refractivity (Wildman–Crippen MR) is 161 cm³/mol. The summed E-state index contributed by atoms with van der Waals surface area (Å²) in [4.78, 5) is 19.4. The molecule has 4 aliphatic rings. The van der Waals surface area contributed by atoms with Gasteiger partial charge in [-0.2, -0.15) is 18.4 Å². The molecule has 3 fully saturated rings. The van der Waals surface area contributed by atoms with E-state index in [0.717, 1.165) is 63.3 Å². The first-order valence-electron chi connectivity index (χ1n) is 15.7. The molecular weight excluding hydrogens is 581 g/mol. The zero-order chi connectivity index (χ0) is 31.5. The van der Waals surface area contributed by atoms with Crippen molar-refractivity contribution in [1.82, 2.24) is 29.9 Å². The number of alkyl halides is 3. The monoisotopic (exact) mass is 618 g/mol. The average Bonchev–Trinajstić information content (AvgIpc) is 3.81. The molecular formula is C33H37F3N8O. The molecule has 0 bridgehead atoms. The molecule has 236 valence electrons. The first-order valence-corrected chi connectivity index (χ1v) is 15.7. The molecule has 1 aromatic heterocycles. The van der Waals surface area contributed by atoms with Crippen LogP contribution in [0.5, 0.6) is 0 Å². The van der Waals surface area contributed by atoms with Gasteiger partial charge in [0.1, 0.15) is 12.2 Å². The minimum atomic E-state index is -4.59. The van der Waals surface area contributed by atoms with Crippen molar-refractivity contribution in [3.63, 3.8) is 0 Å². The quantitative estimate of drug-likeness (QED) is 0.392. The third-order valence-corrected chi connectivity index (χ3v) is 10.3. The van der Waals surface area contributed by atoms with Crippen LogP contribution in [0.15, 0.2) is 42.7 Å². The number of benzene rings is 2. The highest BCUT2D eigenvalue weighted by atomic mass is 19.4. The summed E-state index contributed by atoms with van der Waals surface area (Å²) in [6.45, 7) is 5.47. The van der Waals surface area contributed by atoms with Crippen molar-refractivity contribution in [2.24, 2.45) is 13.0 Å². The summed E-state index contributed by atoms with van der Waals surface area (Å²) in [5.74, 6) is 0.927. The van der Waals surface area contributed by atoms with Crippen molar-refractivity contribution in [2.45, 2.75) is 69.4 Å². The zero-order valence-electron chi connectivity index (χ0n) is 25.5. The molecule has 2 atom stereocenters. The van der Waals surface area contributed by atoms with Gasteiger partial charge < -0.3 is 19.7 Å². The molecule has 7 rings (SSSR count). The summed E-state index contributed by atoms with van der Waals surface area (Å²) in [5, 5.41) is 21.1. The standard InChI is InChI=1S/C33H37F3N8O/c1-21-13-32(14-21,31-40-39-20-41(31)2)23-4-3-5-25(12-23)44-18-28-27(30(44)45)10-22(11-29(28)33(34,35)36)15-38-24-6-9-43(16-24)26-7-8-42(17-26)19-37/h3-5,10-12,20-21,24,26,38H,6-9,13-18H2,1-2H3/t21?,24-,26-,32?/m0/s1. The Hall–Kier alpha value is -3.95. The lowest BCUT2D eigenvalue weighted by molar-refractivity contribution is -0.138. The number of carbonyl (C=O) groups excluding carboxylic acids is 1. The molecule has 0 unspecified atom stereocenters. The SMILES string of the molecule is CC1CC(c2cccc(N3Cc4c(cc(CN[C@H]5CCN([C@H]6CCN(C#N)C6)C5)cc4C(F)(F)F)C3=O)c2)(c2nncn2C)C1. The first-order chi connectivity index (χ1) is 21.6. The molecule has 45 heavy (non-hydrogen) atoms. The minimum Gasteiger partial charge on any atom is -0.320 e. The lowest BCUT2D eigenvalue weighted by Gasteiger charge is -2.46. The number of anilines is 1. The highest BCUT2D eigenvalue weighted by molar-refractivity contribution is 6.10. The van der Waals surface area contributed by atoms with E-state index in [-0.39, 0.29) is 35.7 Å². The molecule has 1 aliphatic carbocycles. The summed E-state index contributed by atoms with van der Waals surface area (Å²) in [5.41, 5.74) is 1.06. The molecule has 9 nitrogen and oxygen atoms in total. The Bertz CT molecular complexity index is 1660. The Labute approximate surface area is 260 Å². The van der Waals surface area contributed by atoms with Crippen LogP contribution in [-0.4, -0.2) is 68.7 Å². The van der Waals surface area contributed by atoms with Crippen LogP contribution in [0.3, 0.4) is 0 Å². The number of likely N-dealkylation sites (tertiary alicyclic amines) is 2. The number of rotatable bonds is 7. The van der Waals surface area contributed by atoms with E-state index in [2.05, 4.69) is 33.5 Å². The van der Waals surface area contributed by atoms with Gasteiger partial charge in [-0.3, -0.25) is 9.69 Å². The van der Waals surface area contributed by atoms with Crippen molar-refractivity contribution >= 4 is 11.6 Å². The van der Waals surface area contributed by atoms with E-state index in [0.29, 0.717) is 23.2 Å². The molecule has 0 radical (unpaired) electrons. The van der Waals surface area contributed by atoms with E-state index >= 15 is 0 Å². The number of nitrogens with zero attached hydrogens (tertiary/aromatic N) is 7. The largest absolute Gasteiger partial charge is 0.416 e. The summed E-state index contributed by atoms with van der Waals surface area (Å²) in [6.07, 6.45) is 2.90. The van der Waals surface area contributed by atoms with E-state index in [1.807, 2.05) is 29.8 Å². The van der Waals surface area contributed by atoms with Crippen LogP contribution in [0.25, 0.3) is 0 Å². The van der Waals surface area contributed by atoms with Gasteiger partial charge in [0.25, 0.3) is 5.91 Å². The van der Waals surface area contributed by atoms with Gasteiger partial charge in [0.15, 0.2) is 6.19 Å². The lowest BCUT2D eigenvalue weighted by Crippen LogP contribution is -2.43. The molecule has 3 aliphatic heterocycles. The second-order valence-electron chi connectivity index (χ2n) is 13.3. The van der Waals surface area contributed by atoms with Crippen molar-refractivity contribution in [2.75, 3.05) is 31.1 Å². The third-order valence-electron chi connectivity index (χ3n) is 10.3. The second kappa shape index (κ2) is 11.1. The fourth-order valence-electron chi connectivity index (χ4n) is 8.08. The Morgan fingerprint density at radius 1 is 1.13 bits per heavy atom. The van der Waals surface area contributed by atoms with E-state index in [1.54, 1.807) is 23.4 Å². The molecule has 1 amide bonds. The number of nitrogens with one attached hydrogen (secondary N) is 1. The number of aryl methyl sites for hydroxylation is 1. The van der Waals surface area contributed by atoms with Gasteiger partial charge in [-0.05, 0) is 72.6 Å². The van der Waals surface area contributed by atoms with Crippen LogP contribution in [0.1, 0.15) is 71.0 Å². The first kappa shape index (κ1) is 29.7. The van der Waals surface area contributed by atoms with E-state index in [1.165, 1.54) is 11.0 Å². The molecule has 1 N–H and O–H groups in total. The van der Waals surface area contributed by atoms with E-state index < -0.39 is 17.6 Å². The summed E-state index contributed by atoms with van der Waals surface area (Å²) >= 11 is 0. The highest BCUT2D eigenvalue weighted by Crippen LogP contribution is 2.52. The molecule has 4 heterocycles. The summed E-state index contributed by atoms with van der Waals surface area (Å²) in [6, 6.07) is 10.9. The predicted octanol–water partition coefficient (Wildman–Crippen LogP) is 4.43. The van der Waals surface area contributed by atoms with Gasteiger partial charge in [0, 0.05) is 63.1 Å². The number of halogens is 3. The molecule has 1 saturated carbocycles. The fourth-order valence-corrected chi connectivity index (χ4v) is 8.08. The highest BCUT2D eigenvalue weighted by Gasteiger charge is 2.48. The number of carbonyl (C=O) groups is 1. The number of hydrogen-bond acceptors (Lipinski definition) is 7. The van der Waals surface area contributed by atoms with E-state index in [4.69, 9.17) is 0 Å². The molecule has 2 saturated heterocycles. The van der Waals surface area contributed by atoms with Crippen LogP contribution in [0.4, 0.5) is 18.9 Å². The van der Waals surface area contributed by atoms with Gasteiger partial charge in [0.2, 0.25) is 0 Å². The number of fused-ring (bicyclic) bond motifs is 1. The Balaban J connectivity index is 1.11. The summed E-state index contributed by atoms with van der Waals surface area (Å²) in [7, 11) is 1.91. The summed E-state index contributed by atoms with van der Waals surface area (Å²) < 4.78 is 45.2. The average molecular weight is 619 g/mol. The van der Waals surface area contributed by atoms with Crippen molar-refractivity contribution in [3.05, 3.63) is 76.4 Å². The number of nitriles is 1. The lowest BCUT2D eigenvalue weighted by atomic mass is 9.58. The van der Waals surface area contributed by atoms with Crippen LogP contribution >= 0.6 is 0 Å². The molecule has 2 aromatic carbocycles. The van der Waals surface area contributed by atoms with Crippen molar-refractivity contribution < 1.29 is 18.0 Å². The zero-order valence-corrected chi connectivity index (χ0v) is 25.5. The smallest absolute Gasteiger partial charge is 0.320 e. The van der Waals surface area contributed by atoms with Gasteiger partial charge >= 0.3 is 6.18 Å². The van der Waals surface area contributed by atoms with Gasteiger partial charge in [-0.15, -0.1) is 10.2 Å². The molecule has 12 heteroatoms. The fraction of sp³-hybridized carbons (Fsp3) is 0.515. The normalized spacial score (nSPS) is 26.8. The van der Waals surface area contributed by atoms with Crippen LogP contribution in [0, 0.1) is 17.4 Å². The Morgan fingerprint density at radius 2 is 1.96 bits per heavy atom. The van der Waals surface area contributed by atoms with Gasteiger partial charge in [-0.1, -0.05) is 19.1 Å². The maximum Gasteiger partial charge on any atom is 0.416 e. The van der Waals surface area contributed by atoms with Crippen LogP contribution in [-0.2, 0) is 31.7 Å². The Kier molecular flexibility index (Phi) is 7.36. The van der Waals surface area contributed by atoms with E-state index in [9.17, 15) is 23.2 Å². The number of hydrogen-bond donors (Lipinski definition) is 1. The van der Waals surface area contributed by atoms with Crippen molar-refractivity contribution in [1.29, 1.82) is 5.26 Å². The molecule has 3 aromatic rings. The number of aromatic nitrogens is 3. The van der Waals surface area contributed by atoms with Gasteiger partial charge in [-0.25, -0.2) is 0 Å². The Morgan fingerprint density at radius 3 is 2.64 bits per heavy atom. The third kappa shape index (κ3) is 5.25. The minimum absolute atomic E-state index is 0.0252. The topological polar surface area (TPSA) is 93.3 Å². The number of amides is 1. The maximum atomic E-state index is 14.4. The molecule has 0 spiro atoms. The van der Waals surface area contributed by atoms with Crippen molar-refractivity contribution in [3.8, 4) is 6.19 Å².